The first-order valence-corrected chi connectivity index (χ1v) is 8.74. The number of rotatable bonds is 9. The molecule has 0 aliphatic carbocycles. The molecule has 10 nitrogen and oxygen atoms in total. The van der Waals surface area contributed by atoms with Crippen molar-refractivity contribution in [2.45, 2.75) is 51.7 Å². The van der Waals surface area contributed by atoms with Gasteiger partial charge in [-0.2, -0.15) is 0 Å². The molecule has 0 spiro atoms. The Bertz CT molecular complexity index is 955. The molecule has 0 radical (unpaired) electrons. The van der Waals surface area contributed by atoms with Gasteiger partial charge in [-0.15, -0.1) is 0 Å². The number of carboxylic acid groups (broad SMARTS) is 1. The second-order valence-corrected chi connectivity index (χ2v) is 6.52. The lowest BCUT2D eigenvalue weighted by molar-refractivity contribution is -0.151. The van der Waals surface area contributed by atoms with E-state index < -0.39 is 17.6 Å². The monoisotopic (exact) mass is 380 g/mol. The van der Waals surface area contributed by atoms with E-state index in [0.717, 1.165) is 0 Å². The highest BCUT2D eigenvalue weighted by molar-refractivity contribution is 5.76. The molecule has 2 rings (SSSR count). The second-order valence-electron chi connectivity index (χ2n) is 6.52. The van der Waals surface area contributed by atoms with Gasteiger partial charge in [-0.1, -0.05) is 0 Å². The molecule has 0 amide bonds. The minimum atomic E-state index is -1.04. The van der Waals surface area contributed by atoms with Crippen LogP contribution < -0.4 is 11.2 Å². The number of fused-ring (bicyclic) bond motifs is 1. The van der Waals surface area contributed by atoms with Gasteiger partial charge in [0.1, 0.15) is 0 Å². The van der Waals surface area contributed by atoms with Gasteiger partial charge < -0.3 is 14.4 Å². The van der Waals surface area contributed by atoms with Gasteiger partial charge in [0.2, 0.25) is 0 Å². The van der Waals surface area contributed by atoms with Crippen LogP contribution in [0.2, 0.25) is 0 Å². The van der Waals surface area contributed by atoms with Crippen LogP contribution >= 0.6 is 0 Å². The molecular weight excluding hydrogens is 356 g/mol. The summed E-state index contributed by atoms with van der Waals surface area (Å²) in [5.41, 5.74) is -0.0657. The van der Waals surface area contributed by atoms with E-state index in [1.54, 1.807) is 25.6 Å². The Morgan fingerprint density at radius 1 is 1.22 bits per heavy atom. The highest BCUT2D eigenvalue weighted by atomic mass is 16.5. The van der Waals surface area contributed by atoms with Crippen LogP contribution in [0.3, 0.4) is 0 Å². The number of hydrogen-bond donors (Lipinski definition) is 1. The third-order valence-electron chi connectivity index (χ3n) is 4.32. The largest absolute Gasteiger partial charge is 0.481 e. The average molecular weight is 380 g/mol. The van der Waals surface area contributed by atoms with Crippen LogP contribution in [-0.4, -0.2) is 41.8 Å². The molecule has 0 aromatic carbocycles. The fourth-order valence-electron chi connectivity index (χ4n) is 2.85. The van der Waals surface area contributed by atoms with Crippen LogP contribution in [0.5, 0.6) is 0 Å². The molecule has 148 valence electrons. The molecule has 1 N–H and O–H groups in total. The van der Waals surface area contributed by atoms with Gasteiger partial charge in [0.25, 0.3) is 5.56 Å². The summed E-state index contributed by atoms with van der Waals surface area (Å²) in [5.74, 6) is -1.59. The first-order valence-electron chi connectivity index (χ1n) is 8.74. The van der Waals surface area contributed by atoms with Gasteiger partial charge in [0.05, 0.1) is 25.3 Å². The molecular formula is C17H24N4O6. The van der Waals surface area contributed by atoms with Crippen LogP contribution in [-0.2, 0) is 35.0 Å². The molecule has 1 unspecified atom stereocenters. The zero-order chi connectivity index (χ0) is 20.1. The minimum Gasteiger partial charge on any atom is -0.481 e. The third-order valence-corrected chi connectivity index (χ3v) is 4.32. The maximum atomic E-state index is 12.6. The summed E-state index contributed by atoms with van der Waals surface area (Å²) in [5, 5.41) is 8.54. The van der Waals surface area contributed by atoms with E-state index in [1.165, 1.54) is 15.5 Å². The molecule has 1 atom stereocenters. The summed E-state index contributed by atoms with van der Waals surface area (Å²) in [6.07, 6.45) is 2.50. The Labute approximate surface area is 155 Å². The normalized spacial score (nSPS) is 12.3. The van der Waals surface area contributed by atoms with E-state index in [4.69, 9.17) is 9.84 Å². The zero-order valence-electron chi connectivity index (χ0n) is 15.7. The van der Waals surface area contributed by atoms with E-state index in [9.17, 15) is 19.2 Å². The quantitative estimate of drug-likeness (QED) is 0.493. The fraction of sp³-hybridized carbons (Fsp3) is 0.588. The number of aryl methyl sites for hydroxylation is 2. The second kappa shape index (κ2) is 8.65. The molecule has 0 saturated heterocycles. The molecule has 2 heterocycles. The Morgan fingerprint density at radius 3 is 2.59 bits per heavy atom. The standard InChI is InChI=1S/C17H24N4O6/c1-11(27-13(24)8-7-12(22)23)6-4-5-9-21-16(25)14-15(18-10-19(14)2)20(3)17(21)26/h10-11H,4-9H2,1-3H3,(H,22,23). The fourth-order valence-corrected chi connectivity index (χ4v) is 2.85. The van der Waals surface area contributed by atoms with Gasteiger partial charge >= 0.3 is 17.6 Å². The molecule has 2 aromatic heterocycles. The Morgan fingerprint density at radius 2 is 1.93 bits per heavy atom. The number of aromatic nitrogens is 4. The summed E-state index contributed by atoms with van der Waals surface area (Å²) in [6, 6.07) is 0. The smallest absolute Gasteiger partial charge is 0.332 e. The highest BCUT2D eigenvalue weighted by Crippen LogP contribution is 2.08. The Balaban J connectivity index is 1.92. The number of imidazole rings is 1. The minimum absolute atomic E-state index is 0.157. The zero-order valence-corrected chi connectivity index (χ0v) is 15.7. The first-order chi connectivity index (χ1) is 12.7. The first kappa shape index (κ1) is 20.4. The van der Waals surface area contributed by atoms with Crippen molar-refractivity contribution in [3.63, 3.8) is 0 Å². The molecule has 0 aliphatic heterocycles. The molecule has 10 heteroatoms. The van der Waals surface area contributed by atoms with E-state index in [-0.39, 0.29) is 31.0 Å². The van der Waals surface area contributed by atoms with Crippen molar-refractivity contribution in [3.05, 3.63) is 27.2 Å². The Kier molecular flexibility index (Phi) is 6.54. The molecule has 0 bridgehead atoms. The number of carbonyl (C=O) groups is 2. The van der Waals surface area contributed by atoms with E-state index in [1.807, 2.05) is 0 Å². The summed E-state index contributed by atoms with van der Waals surface area (Å²) >= 11 is 0. The van der Waals surface area contributed by atoms with E-state index >= 15 is 0 Å². The average Bonchev–Trinajstić information content (AvgIpc) is 2.99. The number of aliphatic carboxylic acids is 1. The van der Waals surface area contributed by atoms with E-state index in [2.05, 4.69) is 4.98 Å². The van der Waals surface area contributed by atoms with Gasteiger partial charge in [-0.3, -0.25) is 23.5 Å². The van der Waals surface area contributed by atoms with Gasteiger partial charge in [0, 0.05) is 20.6 Å². The number of hydrogen-bond acceptors (Lipinski definition) is 6. The van der Waals surface area contributed by atoms with Crippen LogP contribution in [0.4, 0.5) is 0 Å². The summed E-state index contributed by atoms with van der Waals surface area (Å²) < 4.78 is 9.26. The predicted molar refractivity (Wildman–Crippen MR) is 96.5 cm³/mol. The van der Waals surface area contributed by atoms with Gasteiger partial charge in [-0.25, -0.2) is 9.78 Å². The van der Waals surface area contributed by atoms with Gasteiger partial charge in [0.15, 0.2) is 11.2 Å². The highest BCUT2D eigenvalue weighted by Gasteiger charge is 2.15. The van der Waals surface area contributed by atoms with Crippen molar-refractivity contribution in [2.24, 2.45) is 14.1 Å². The number of carboxylic acids is 1. The van der Waals surface area contributed by atoms with Gasteiger partial charge in [-0.05, 0) is 26.2 Å². The molecule has 0 saturated carbocycles. The van der Waals surface area contributed by atoms with Crippen LogP contribution in [0.1, 0.15) is 39.0 Å². The number of esters is 1. The number of carbonyl (C=O) groups excluding carboxylic acids is 1. The predicted octanol–water partition coefficient (Wildman–Crippen LogP) is 0.401. The molecule has 0 fully saturated rings. The SMILES string of the molecule is CC(CCCCn1c(=O)c2c(ncn2C)n(C)c1=O)OC(=O)CCC(=O)O. The molecule has 2 aromatic rings. The van der Waals surface area contributed by atoms with Crippen LogP contribution in [0.15, 0.2) is 15.9 Å². The summed E-state index contributed by atoms with van der Waals surface area (Å²) in [7, 11) is 3.28. The van der Waals surface area contributed by atoms with Crippen molar-refractivity contribution in [1.29, 1.82) is 0 Å². The molecule has 0 aliphatic rings. The third kappa shape index (κ3) is 4.83. The lowest BCUT2D eigenvalue weighted by Gasteiger charge is -2.13. The molecule has 27 heavy (non-hydrogen) atoms. The van der Waals surface area contributed by atoms with Crippen LogP contribution in [0, 0.1) is 0 Å². The lowest BCUT2D eigenvalue weighted by atomic mass is 10.1. The van der Waals surface area contributed by atoms with Crippen molar-refractivity contribution in [1.82, 2.24) is 18.7 Å². The topological polar surface area (TPSA) is 125 Å². The van der Waals surface area contributed by atoms with Crippen LogP contribution in [0.25, 0.3) is 11.2 Å². The Hall–Kier alpha value is -2.91. The van der Waals surface area contributed by atoms with Crippen molar-refractivity contribution < 1.29 is 19.4 Å². The van der Waals surface area contributed by atoms with Crippen molar-refractivity contribution >= 4 is 23.1 Å². The number of ether oxygens (including phenoxy) is 1. The van der Waals surface area contributed by atoms with Crippen molar-refractivity contribution in [2.75, 3.05) is 0 Å². The number of unbranched alkanes of at least 4 members (excludes halogenated alkanes) is 1. The van der Waals surface area contributed by atoms with Crippen molar-refractivity contribution in [3.8, 4) is 0 Å². The maximum absolute atomic E-state index is 12.6. The van der Waals surface area contributed by atoms with E-state index in [0.29, 0.717) is 30.4 Å². The summed E-state index contributed by atoms with van der Waals surface area (Å²) in [6.45, 7) is 1.98. The number of nitrogens with zero attached hydrogens (tertiary/aromatic N) is 4. The maximum Gasteiger partial charge on any atom is 0.332 e. The summed E-state index contributed by atoms with van der Waals surface area (Å²) in [4.78, 5) is 50.9. The lowest BCUT2D eigenvalue weighted by Crippen LogP contribution is -2.39.